The van der Waals surface area contributed by atoms with Crippen LogP contribution in [0.1, 0.15) is 145 Å². The van der Waals surface area contributed by atoms with Crippen molar-refractivity contribution in [1.29, 1.82) is 0 Å². The summed E-state index contributed by atoms with van der Waals surface area (Å²) in [6.45, 7) is 11.4. The van der Waals surface area contributed by atoms with Crippen molar-refractivity contribution < 1.29 is 92.2 Å². The van der Waals surface area contributed by atoms with Crippen LogP contribution < -0.4 is 42.8 Å². The molecule has 1 heterocycles. The van der Waals surface area contributed by atoms with Crippen molar-refractivity contribution in [2.75, 3.05) is 19.8 Å². The maximum Gasteiger partial charge on any atom is 0.318 e. The molecule has 0 unspecified atom stereocenters. The van der Waals surface area contributed by atoms with Crippen LogP contribution in [0.2, 0.25) is 0 Å². The first-order chi connectivity index (χ1) is 49.1. The van der Waals surface area contributed by atoms with Gasteiger partial charge >= 0.3 is 11.9 Å². The maximum atomic E-state index is 15.5. The van der Waals surface area contributed by atoms with Gasteiger partial charge < -0.3 is 68.3 Å². The molecule has 104 heavy (non-hydrogen) atoms. The second-order valence-corrected chi connectivity index (χ2v) is 27.2. The van der Waals surface area contributed by atoms with Gasteiger partial charge in [-0.25, -0.2) is 4.39 Å². The lowest BCUT2D eigenvalue weighted by Gasteiger charge is -2.33. The SMILES string of the molecule is CCc1cc(OCCCCN)ccc1-c1ccc(C[C@H](CC(=O)[C@H](CC(=O)O)NC(=O)[C@H](CO)CC(=O)[C@@H](NC(=O)[C@@](C)(CC(=O)[C@@H](NC(=O)CCC(=O)[C@H](Cc2nn[nH]n2)NC(=O)C(C)(C)C(=O)O)[C@@H](C)O)Cc2ccccc2F)[C@@H](C)O)C(=O)N[C@@H](CCCc2cc(C)cc(C)c2)C(N)=O)cc1. The van der Waals surface area contributed by atoms with Crippen LogP contribution in [0.3, 0.4) is 0 Å². The molecule has 0 fully saturated rings. The van der Waals surface area contributed by atoms with Crippen LogP contribution in [0.5, 0.6) is 5.75 Å². The van der Waals surface area contributed by atoms with Crippen molar-refractivity contribution in [2.45, 2.75) is 194 Å². The molecule has 0 saturated carbocycles. The number of aryl methyl sites for hydroxylation is 4. The highest BCUT2D eigenvalue weighted by Gasteiger charge is 2.44. The fourth-order valence-electron chi connectivity index (χ4n) is 11.9. The number of aliphatic hydroxyl groups is 3. The van der Waals surface area contributed by atoms with Crippen LogP contribution in [-0.2, 0) is 89.6 Å². The lowest BCUT2D eigenvalue weighted by atomic mass is 9.76. The number of halogens is 1. The number of carbonyl (C=O) groups excluding carboxylic acids is 10. The number of ketones is 4. The van der Waals surface area contributed by atoms with Crippen LogP contribution in [0.25, 0.3) is 11.1 Å². The van der Waals surface area contributed by atoms with E-state index in [1.165, 1.54) is 25.1 Å². The standard InChI is InChI=1S/C74H98FN11O18/c1-9-47-33-52(104-28-13-12-27-76)23-24-53(47)48-21-19-45(20-22-48)32-50(68(98)78-55(67(77)97)18-14-15-46-30-41(2)29-42(3)31-46)34-59(91)57(37-64(95)96)79-69(99)51(40-87)35-60(92)65(43(4)88)82-71(101)74(8,38-49-16-10-11-17-54(49)75)39-61(93)66(44(5)89)81-63(94)26-25-58(90)56(36-62-83-85-86-84-62)80-70(100)73(6,7)72(102)103/h10-11,16-17,19-24,29-31,33,43-44,50-51,55-57,65-66,87-89H,9,12-15,18,25-28,32,34-40,76H2,1-8H3,(H2,77,97)(H,78,98)(H,79,99)(H,80,100)(H,81,94)(H,82,101)(H,95,96)(H,102,103)(H,83,84,85,86)/t43-,44-,50-,51+,55+,56+,57+,65+,66+,74-/m1/s1. The molecule has 0 aliphatic carbocycles. The van der Waals surface area contributed by atoms with Gasteiger partial charge in [-0.1, -0.05) is 96.9 Å². The number of aliphatic hydroxyl groups excluding tert-OH is 3. The minimum Gasteiger partial charge on any atom is -0.494 e. The minimum atomic E-state index is -2.10. The number of rotatable bonds is 46. The summed E-state index contributed by atoms with van der Waals surface area (Å²) in [5, 5.41) is 77.6. The maximum absolute atomic E-state index is 15.5. The number of Topliss-reactive ketones (excluding diaryl/α,β-unsaturated/α-hetero) is 4. The average molecular weight is 1450 g/mol. The number of nitrogens with two attached hydrogens (primary N) is 2. The van der Waals surface area contributed by atoms with E-state index in [4.69, 9.17) is 16.2 Å². The van der Waals surface area contributed by atoms with E-state index >= 15 is 4.39 Å². The molecule has 0 radical (unpaired) electrons. The average Bonchev–Trinajstić information content (AvgIpc) is 0.841. The Balaban J connectivity index is 1.36. The lowest BCUT2D eigenvalue weighted by Crippen LogP contribution is -2.55. The van der Waals surface area contributed by atoms with Gasteiger partial charge in [0.2, 0.25) is 35.4 Å². The molecular formula is C74H98FN11O18. The van der Waals surface area contributed by atoms with Gasteiger partial charge in [-0.05, 0) is 151 Å². The third-order valence-corrected chi connectivity index (χ3v) is 18.0. The molecule has 1 aromatic heterocycles. The number of hydrogen-bond acceptors (Lipinski definition) is 20. The number of aromatic amines is 1. The Hall–Kier alpha value is -10.0. The number of nitrogens with one attached hydrogen (secondary N) is 6. The summed E-state index contributed by atoms with van der Waals surface area (Å²) in [6, 6.07) is 15.8. The number of tetrazole rings is 1. The van der Waals surface area contributed by atoms with Crippen molar-refractivity contribution in [3.05, 3.63) is 130 Å². The smallest absolute Gasteiger partial charge is 0.318 e. The Morgan fingerprint density at radius 3 is 1.88 bits per heavy atom. The van der Waals surface area contributed by atoms with Crippen molar-refractivity contribution in [2.24, 2.45) is 34.1 Å². The van der Waals surface area contributed by atoms with Crippen molar-refractivity contribution in [3.8, 4) is 16.9 Å². The third-order valence-electron chi connectivity index (χ3n) is 18.0. The number of carbonyl (C=O) groups is 12. The zero-order valence-corrected chi connectivity index (χ0v) is 59.9. The number of nitrogens with zero attached hydrogens (tertiary/aromatic N) is 3. The number of ether oxygens (including phenoxy) is 1. The Kier molecular flexibility index (Phi) is 32.7. The zero-order chi connectivity index (χ0) is 77.2. The van der Waals surface area contributed by atoms with Crippen molar-refractivity contribution in [1.82, 2.24) is 47.2 Å². The zero-order valence-electron chi connectivity index (χ0n) is 59.9. The molecule has 29 nitrogen and oxygen atoms in total. The van der Waals surface area contributed by atoms with Crippen molar-refractivity contribution in [3.63, 3.8) is 0 Å². The van der Waals surface area contributed by atoms with E-state index in [2.05, 4.69) is 47.2 Å². The summed E-state index contributed by atoms with van der Waals surface area (Å²) in [5.41, 5.74) is 13.6. The Morgan fingerprint density at radius 2 is 1.29 bits per heavy atom. The number of benzene rings is 4. The highest BCUT2D eigenvalue weighted by molar-refractivity contribution is 6.03. The highest BCUT2D eigenvalue weighted by Crippen LogP contribution is 2.32. The largest absolute Gasteiger partial charge is 0.494 e. The molecule has 5 aromatic rings. The van der Waals surface area contributed by atoms with E-state index in [0.717, 1.165) is 80.0 Å². The fraction of sp³-hybridized carbons (Fsp3) is 0.500. The number of H-pyrrole nitrogens is 1. The number of carboxylic acid groups (broad SMARTS) is 2. The number of unbranched alkanes of at least 4 members (excludes halogenated alkanes) is 1. The quantitative estimate of drug-likeness (QED) is 0.0197. The molecule has 0 bridgehead atoms. The molecule has 564 valence electrons. The van der Waals surface area contributed by atoms with Gasteiger partial charge in [0.1, 0.15) is 35.1 Å². The van der Waals surface area contributed by atoms with Crippen molar-refractivity contribution >= 4 is 70.5 Å². The topological polar surface area (TPSA) is 482 Å². The Bertz CT molecular complexity index is 3810. The molecule has 0 aliphatic rings. The highest BCUT2D eigenvalue weighted by atomic mass is 19.1. The van der Waals surface area contributed by atoms with Crippen LogP contribution in [-0.4, -0.2) is 179 Å². The van der Waals surface area contributed by atoms with Gasteiger partial charge in [-0.3, -0.25) is 57.5 Å². The summed E-state index contributed by atoms with van der Waals surface area (Å²) in [4.78, 5) is 164. The van der Waals surface area contributed by atoms with Gasteiger partial charge in [0.05, 0.1) is 55.3 Å². The number of aromatic nitrogens is 4. The second kappa shape index (κ2) is 40.1. The lowest BCUT2D eigenvalue weighted by molar-refractivity contribution is -0.154. The number of amides is 6. The summed E-state index contributed by atoms with van der Waals surface area (Å²) < 4.78 is 21.4. The first-order valence-electron chi connectivity index (χ1n) is 34.5. The van der Waals surface area contributed by atoms with Gasteiger partial charge in [-0.15, -0.1) is 10.2 Å². The van der Waals surface area contributed by atoms with Gasteiger partial charge in [-0.2, -0.15) is 5.21 Å². The van der Waals surface area contributed by atoms with E-state index < -0.39 is 193 Å². The molecule has 0 spiro atoms. The number of primary amides is 1. The van der Waals surface area contributed by atoms with Crippen LogP contribution in [0.4, 0.5) is 4.39 Å². The Morgan fingerprint density at radius 1 is 0.654 bits per heavy atom. The van der Waals surface area contributed by atoms with Crippen LogP contribution in [0, 0.1) is 42.3 Å². The van der Waals surface area contributed by atoms with Gasteiger partial charge in [0.25, 0.3) is 0 Å². The molecule has 0 aliphatic heterocycles. The van der Waals surface area contributed by atoms with E-state index in [1.807, 2.05) is 69.3 Å². The van der Waals surface area contributed by atoms with E-state index in [9.17, 15) is 83.1 Å². The Labute approximate surface area is 602 Å². The normalized spacial score (nSPS) is 14.6. The van der Waals surface area contributed by atoms with E-state index in [1.54, 1.807) is 12.1 Å². The van der Waals surface area contributed by atoms with Gasteiger partial charge in [0.15, 0.2) is 29.0 Å². The molecule has 15 N–H and O–H groups in total. The number of hydrogen-bond donors (Lipinski definition) is 13. The summed E-state index contributed by atoms with van der Waals surface area (Å²) >= 11 is 0. The molecular weight excluding hydrogens is 1350 g/mol. The summed E-state index contributed by atoms with van der Waals surface area (Å²) in [6.07, 6.45) is -6.15. The van der Waals surface area contributed by atoms with E-state index in [-0.39, 0.29) is 30.7 Å². The third kappa shape index (κ3) is 25.7. The molecule has 5 rings (SSSR count). The summed E-state index contributed by atoms with van der Waals surface area (Å²) in [7, 11) is 0. The number of carboxylic acids is 2. The molecule has 0 saturated heterocycles. The summed E-state index contributed by atoms with van der Waals surface area (Å²) in [5.74, 6) is -16.4. The minimum absolute atomic E-state index is 0.0519. The molecule has 4 aromatic carbocycles. The predicted octanol–water partition coefficient (Wildman–Crippen LogP) is 3.07. The van der Waals surface area contributed by atoms with Crippen LogP contribution in [0.15, 0.2) is 84.9 Å². The molecule has 30 heteroatoms. The molecule has 10 atom stereocenters. The van der Waals surface area contributed by atoms with Crippen LogP contribution >= 0.6 is 0 Å². The fourth-order valence-corrected chi connectivity index (χ4v) is 11.9. The first-order valence-corrected chi connectivity index (χ1v) is 34.5. The van der Waals surface area contributed by atoms with Gasteiger partial charge in [0, 0.05) is 44.4 Å². The number of aliphatic carboxylic acids is 2. The second-order valence-electron chi connectivity index (χ2n) is 27.2. The molecule has 6 amide bonds. The predicted molar refractivity (Wildman–Crippen MR) is 377 cm³/mol. The van der Waals surface area contributed by atoms with E-state index in [0.29, 0.717) is 43.7 Å². The monoisotopic (exact) mass is 1450 g/mol. The first kappa shape index (κ1) is 84.6.